The monoisotopic (exact) mass is 573 g/mol. The first kappa shape index (κ1) is 30.8. The summed E-state index contributed by atoms with van der Waals surface area (Å²) >= 11 is 0. The number of carbonyl (C=O) groups excluding carboxylic acids is 2. The Kier molecular flexibility index (Phi) is 12.1. The number of nitrogens with one attached hydrogen (secondary N) is 1. The van der Waals surface area contributed by atoms with Gasteiger partial charge in [-0.15, -0.1) is 0 Å². The Morgan fingerprint density at radius 1 is 0.946 bits per heavy atom. The Morgan fingerprint density at radius 3 is 2.14 bits per heavy atom. The summed E-state index contributed by atoms with van der Waals surface area (Å²) < 4.78 is 6.42. The summed E-state index contributed by atoms with van der Waals surface area (Å²) in [5.41, 5.74) is 2.25. The third-order valence-electron chi connectivity index (χ3n) is 6.67. The largest absolute Gasteiger partial charge is 1.00 e. The van der Waals surface area contributed by atoms with Crippen LogP contribution in [0.2, 0.25) is 0 Å². The van der Waals surface area contributed by atoms with Crippen LogP contribution in [0.4, 0.5) is 16.2 Å². The molecular formula is C30H44BrN3O3. The van der Waals surface area contributed by atoms with Gasteiger partial charge in [-0.2, -0.15) is 0 Å². The van der Waals surface area contributed by atoms with E-state index >= 15 is 0 Å². The van der Waals surface area contributed by atoms with Crippen molar-refractivity contribution in [3.05, 3.63) is 60.2 Å². The standard InChI is InChI=1S/C30H43N3O3.BrH/c1-5-6-20-32(29(35)36-30(2,3)4)27-18-16-26(17-19-27)31-28(34)24-33(21-12-7-8-13-22-33)23-25-14-10-9-11-15-25;/h9-11,14-19H,5-8,12-13,20-24H2,1-4H3;1H. The minimum Gasteiger partial charge on any atom is -1.00 e. The molecule has 0 radical (unpaired) electrons. The maximum atomic E-state index is 13.2. The molecule has 1 fully saturated rings. The van der Waals surface area contributed by atoms with Crippen LogP contribution in [0.5, 0.6) is 0 Å². The van der Waals surface area contributed by atoms with Crippen LogP contribution in [0.1, 0.15) is 71.8 Å². The highest BCUT2D eigenvalue weighted by Gasteiger charge is 2.32. The second kappa shape index (κ2) is 14.5. The number of halogens is 1. The Bertz CT molecular complexity index is 966. The second-order valence-electron chi connectivity index (χ2n) is 11.1. The molecule has 204 valence electrons. The lowest BCUT2D eigenvalue weighted by atomic mass is 10.1. The number of hydrogen-bond acceptors (Lipinski definition) is 3. The minimum absolute atomic E-state index is 0. The summed E-state index contributed by atoms with van der Waals surface area (Å²) in [5, 5.41) is 3.11. The molecule has 2 aromatic rings. The number of quaternary nitrogens is 1. The molecule has 0 bridgehead atoms. The van der Waals surface area contributed by atoms with Gasteiger partial charge >= 0.3 is 6.09 Å². The highest BCUT2D eigenvalue weighted by Crippen LogP contribution is 2.24. The second-order valence-corrected chi connectivity index (χ2v) is 11.1. The highest BCUT2D eigenvalue weighted by atomic mass is 79.9. The van der Waals surface area contributed by atoms with Gasteiger partial charge in [0.2, 0.25) is 0 Å². The van der Waals surface area contributed by atoms with E-state index in [0.717, 1.165) is 61.2 Å². The van der Waals surface area contributed by atoms with Crippen molar-refractivity contribution >= 4 is 23.4 Å². The first-order valence-corrected chi connectivity index (χ1v) is 13.5. The minimum atomic E-state index is -0.554. The van der Waals surface area contributed by atoms with Crippen molar-refractivity contribution in [3.8, 4) is 0 Å². The zero-order valence-corrected chi connectivity index (χ0v) is 24.6. The van der Waals surface area contributed by atoms with E-state index in [1.54, 1.807) is 4.90 Å². The van der Waals surface area contributed by atoms with Gasteiger partial charge < -0.3 is 31.5 Å². The van der Waals surface area contributed by atoms with E-state index in [0.29, 0.717) is 13.1 Å². The molecule has 1 heterocycles. The SMILES string of the molecule is CCCCN(C(=O)OC(C)(C)C)c1ccc(NC(=O)C[N+]2(Cc3ccccc3)CCCCCC2)cc1.[Br-]. The molecule has 0 saturated carbocycles. The molecule has 2 amide bonds. The van der Waals surface area contributed by atoms with Crippen molar-refractivity contribution in [3.63, 3.8) is 0 Å². The number of unbranched alkanes of at least 4 members (excludes halogenated alkanes) is 1. The Hall–Kier alpha value is -2.38. The van der Waals surface area contributed by atoms with Crippen molar-refractivity contribution in [1.29, 1.82) is 0 Å². The average Bonchev–Trinajstić information content (AvgIpc) is 3.05. The molecular weight excluding hydrogens is 530 g/mol. The summed E-state index contributed by atoms with van der Waals surface area (Å²) in [6.07, 6.45) is 6.32. The lowest BCUT2D eigenvalue weighted by Gasteiger charge is -2.37. The summed E-state index contributed by atoms with van der Waals surface area (Å²) in [7, 11) is 0. The normalized spacial score (nSPS) is 15.1. The van der Waals surface area contributed by atoms with Crippen LogP contribution in [0.3, 0.4) is 0 Å². The molecule has 0 aromatic heterocycles. The van der Waals surface area contributed by atoms with Gasteiger partial charge in [0.15, 0.2) is 6.54 Å². The first-order chi connectivity index (χ1) is 17.2. The lowest BCUT2D eigenvalue weighted by molar-refractivity contribution is -0.932. The van der Waals surface area contributed by atoms with E-state index < -0.39 is 5.60 Å². The zero-order chi connectivity index (χ0) is 26.0. The van der Waals surface area contributed by atoms with E-state index in [2.05, 4.69) is 36.5 Å². The molecule has 0 unspecified atom stereocenters. The van der Waals surface area contributed by atoms with E-state index in [4.69, 9.17) is 4.74 Å². The number of ether oxygens (including phenoxy) is 1. The maximum absolute atomic E-state index is 13.2. The van der Waals surface area contributed by atoms with Gasteiger partial charge in [-0.25, -0.2) is 4.79 Å². The number of amides is 2. The fourth-order valence-electron chi connectivity index (χ4n) is 4.89. The van der Waals surface area contributed by atoms with Crippen LogP contribution in [0.25, 0.3) is 0 Å². The molecule has 1 aliphatic rings. The Labute approximate surface area is 233 Å². The third-order valence-corrected chi connectivity index (χ3v) is 6.67. The number of rotatable bonds is 9. The third kappa shape index (κ3) is 10.1. The van der Waals surface area contributed by atoms with Crippen LogP contribution >= 0.6 is 0 Å². The molecule has 2 aromatic carbocycles. The molecule has 1 saturated heterocycles. The average molecular weight is 575 g/mol. The van der Waals surface area contributed by atoms with E-state index in [-0.39, 0.29) is 29.0 Å². The van der Waals surface area contributed by atoms with Gasteiger partial charge in [-0.3, -0.25) is 9.69 Å². The fourth-order valence-corrected chi connectivity index (χ4v) is 4.89. The van der Waals surface area contributed by atoms with Crippen molar-refractivity contribution in [2.45, 2.75) is 78.4 Å². The smallest absolute Gasteiger partial charge is 0.414 e. The first-order valence-electron chi connectivity index (χ1n) is 13.5. The number of nitrogens with zero attached hydrogens (tertiary/aromatic N) is 2. The van der Waals surface area contributed by atoms with Gasteiger partial charge in [0, 0.05) is 23.5 Å². The molecule has 1 aliphatic heterocycles. The van der Waals surface area contributed by atoms with Crippen molar-refractivity contribution in [2.75, 3.05) is 36.4 Å². The number of likely N-dealkylation sites (tertiary alicyclic amines) is 1. The maximum Gasteiger partial charge on any atom is 0.414 e. The van der Waals surface area contributed by atoms with Crippen molar-refractivity contribution in [2.24, 2.45) is 0 Å². The quantitative estimate of drug-likeness (QED) is 0.465. The number of anilines is 2. The molecule has 37 heavy (non-hydrogen) atoms. The molecule has 7 heteroatoms. The van der Waals surface area contributed by atoms with E-state index in [1.165, 1.54) is 18.4 Å². The molecule has 0 atom stereocenters. The molecule has 0 aliphatic carbocycles. The predicted octanol–water partition coefficient (Wildman–Crippen LogP) is 3.76. The van der Waals surface area contributed by atoms with Crippen molar-refractivity contribution in [1.82, 2.24) is 0 Å². The zero-order valence-electron chi connectivity index (χ0n) is 23.0. The topological polar surface area (TPSA) is 58.6 Å². The van der Waals surface area contributed by atoms with Gasteiger partial charge in [0.25, 0.3) is 5.91 Å². The van der Waals surface area contributed by atoms with Gasteiger partial charge in [-0.1, -0.05) is 43.7 Å². The van der Waals surface area contributed by atoms with Crippen LogP contribution in [-0.2, 0) is 16.1 Å². The van der Waals surface area contributed by atoms with Gasteiger partial charge in [0.1, 0.15) is 12.1 Å². The number of hydrogen-bond donors (Lipinski definition) is 1. The Balaban J connectivity index is 0.00000481. The highest BCUT2D eigenvalue weighted by molar-refractivity contribution is 5.92. The molecule has 1 N–H and O–H groups in total. The van der Waals surface area contributed by atoms with Crippen LogP contribution in [0, 0.1) is 0 Å². The van der Waals surface area contributed by atoms with Crippen LogP contribution in [-0.4, -0.2) is 48.3 Å². The molecule has 3 rings (SSSR count). The Morgan fingerprint density at radius 2 is 1.57 bits per heavy atom. The van der Waals surface area contributed by atoms with Gasteiger partial charge in [0.05, 0.1) is 13.1 Å². The summed E-state index contributed by atoms with van der Waals surface area (Å²) in [6.45, 7) is 11.7. The molecule has 0 spiro atoms. The molecule has 6 nitrogen and oxygen atoms in total. The lowest BCUT2D eigenvalue weighted by Crippen LogP contribution is -3.00. The number of benzene rings is 2. The number of carbonyl (C=O) groups is 2. The van der Waals surface area contributed by atoms with Crippen LogP contribution < -0.4 is 27.2 Å². The van der Waals surface area contributed by atoms with E-state index in [9.17, 15) is 9.59 Å². The summed E-state index contributed by atoms with van der Waals surface area (Å²) in [6, 6.07) is 18.0. The predicted molar refractivity (Wildman–Crippen MR) is 147 cm³/mol. The summed E-state index contributed by atoms with van der Waals surface area (Å²) in [5.74, 6) is 0.0376. The summed E-state index contributed by atoms with van der Waals surface area (Å²) in [4.78, 5) is 27.7. The van der Waals surface area contributed by atoms with E-state index in [1.807, 2.05) is 51.1 Å². The fraction of sp³-hybridized carbons (Fsp3) is 0.533. The van der Waals surface area contributed by atoms with Crippen molar-refractivity contribution < 1.29 is 35.8 Å². The van der Waals surface area contributed by atoms with Gasteiger partial charge in [-0.05, 0) is 77.1 Å². The van der Waals surface area contributed by atoms with Crippen LogP contribution in [0.15, 0.2) is 54.6 Å².